The van der Waals surface area contributed by atoms with Crippen molar-refractivity contribution in [1.29, 1.82) is 0 Å². The van der Waals surface area contributed by atoms with Crippen LogP contribution in [0, 0.1) is 0 Å². The van der Waals surface area contributed by atoms with Gasteiger partial charge in [0.25, 0.3) is 0 Å². The van der Waals surface area contributed by atoms with E-state index >= 15 is 0 Å². The highest BCUT2D eigenvalue weighted by Crippen LogP contribution is 2.28. The first-order valence-electron chi connectivity index (χ1n) is 9.94. The fourth-order valence-corrected chi connectivity index (χ4v) is 4.00. The van der Waals surface area contributed by atoms with Gasteiger partial charge in [0.05, 0.1) is 17.8 Å². The maximum absolute atomic E-state index is 11.6. The van der Waals surface area contributed by atoms with Gasteiger partial charge in [0.15, 0.2) is 0 Å². The Labute approximate surface area is 175 Å². The molecule has 2 N–H and O–H groups in total. The lowest BCUT2D eigenvalue weighted by molar-refractivity contribution is -0.136. The third-order valence-electron chi connectivity index (χ3n) is 5.27. The molecule has 2 aliphatic rings. The molecular formula is C22H25ClN2O4. The lowest BCUT2D eigenvalue weighted by Gasteiger charge is -2.22. The number of rotatable bonds is 6. The molecule has 0 amide bonds. The molecule has 1 heterocycles. The van der Waals surface area contributed by atoms with Gasteiger partial charge in [-0.3, -0.25) is 4.99 Å². The Hall–Kier alpha value is -2.60. The van der Waals surface area contributed by atoms with Gasteiger partial charge in [-0.15, -0.1) is 0 Å². The number of nitrogens with zero attached hydrogens (tertiary/aromatic N) is 2. The predicted molar refractivity (Wildman–Crippen MR) is 112 cm³/mol. The number of hydrogen-bond acceptors (Lipinski definition) is 4. The molecule has 154 valence electrons. The number of carboxylic acids is 2. The minimum Gasteiger partial charge on any atom is -0.478 e. The van der Waals surface area contributed by atoms with E-state index in [0.29, 0.717) is 18.0 Å². The molecule has 0 atom stereocenters. The van der Waals surface area contributed by atoms with Crippen LogP contribution in [0.1, 0.15) is 50.5 Å². The van der Waals surface area contributed by atoms with E-state index in [2.05, 4.69) is 0 Å². The Balaban J connectivity index is 1.99. The summed E-state index contributed by atoms with van der Waals surface area (Å²) in [7, 11) is 0. The van der Waals surface area contributed by atoms with Gasteiger partial charge >= 0.3 is 11.9 Å². The lowest BCUT2D eigenvalue weighted by Crippen LogP contribution is -2.25. The fourth-order valence-electron chi connectivity index (χ4n) is 3.87. The zero-order valence-electron chi connectivity index (χ0n) is 16.2. The second-order valence-electron chi connectivity index (χ2n) is 7.38. The van der Waals surface area contributed by atoms with Gasteiger partial charge in [0.1, 0.15) is 5.70 Å². The molecule has 0 unspecified atom stereocenters. The number of carbonyl (C=O) groups is 2. The highest BCUT2D eigenvalue weighted by molar-refractivity contribution is 6.30. The Morgan fingerprint density at radius 2 is 1.76 bits per heavy atom. The van der Waals surface area contributed by atoms with Crippen molar-refractivity contribution in [3.63, 3.8) is 0 Å². The van der Waals surface area contributed by atoms with Crippen LogP contribution in [0.25, 0.3) is 0 Å². The predicted octanol–water partition coefficient (Wildman–Crippen LogP) is 4.49. The first-order chi connectivity index (χ1) is 13.9. The van der Waals surface area contributed by atoms with E-state index in [9.17, 15) is 14.7 Å². The van der Waals surface area contributed by atoms with E-state index in [1.54, 1.807) is 4.90 Å². The third kappa shape index (κ3) is 5.70. The molecule has 0 bridgehead atoms. The zero-order chi connectivity index (χ0) is 20.8. The molecule has 2 fully saturated rings. The molecule has 1 aromatic carbocycles. The molecular weight excluding hydrogens is 392 g/mol. The van der Waals surface area contributed by atoms with E-state index in [-0.39, 0.29) is 11.7 Å². The monoisotopic (exact) mass is 416 g/mol. The lowest BCUT2D eigenvalue weighted by atomic mass is 9.95. The van der Waals surface area contributed by atoms with Crippen molar-refractivity contribution in [2.75, 3.05) is 6.54 Å². The first-order valence-corrected chi connectivity index (χ1v) is 10.3. The van der Waals surface area contributed by atoms with Crippen LogP contribution >= 0.6 is 11.6 Å². The number of aliphatic imine (C=N–C) groups is 1. The van der Waals surface area contributed by atoms with Gasteiger partial charge in [-0.1, -0.05) is 43.0 Å². The van der Waals surface area contributed by atoms with Crippen LogP contribution in [0.2, 0.25) is 5.02 Å². The van der Waals surface area contributed by atoms with Crippen LogP contribution < -0.4 is 0 Å². The van der Waals surface area contributed by atoms with Crippen LogP contribution in [0.3, 0.4) is 0 Å². The smallest absolute Gasteiger partial charge is 0.352 e. The van der Waals surface area contributed by atoms with Crippen molar-refractivity contribution in [3.05, 3.63) is 58.4 Å². The van der Waals surface area contributed by atoms with Gasteiger partial charge in [-0.05, 0) is 49.5 Å². The van der Waals surface area contributed by atoms with Crippen LogP contribution in [0.15, 0.2) is 52.8 Å². The summed E-state index contributed by atoms with van der Waals surface area (Å²) in [5.41, 5.74) is 2.24. The highest BCUT2D eigenvalue weighted by Gasteiger charge is 2.26. The van der Waals surface area contributed by atoms with Crippen molar-refractivity contribution in [1.82, 2.24) is 4.90 Å². The van der Waals surface area contributed by atoms with Gasteiger partial charge < -0.3 is 15.1 Å². The second-order valence-corrected chi connectivity index (χ2v) is 7.81. The Kier molecular flexibility index (Phi) is 7.09. The zero-order valence-corrected chi connectivity index (χ0v) is 16.9. The topological polar surface area (TPSA) is 90.2 Å². The van der Waals surface area contributed by atoms with Crippen molar-refractivity contribution in [2.45, 2.75) is 51.0 Å². The summed E-state index contributed by atoms with van der Waals surface area (Å²) < 4.78 is 0. The molecule has 1 saturated heterocycles. The largest absolute Gasteiger partial charge is 0.478 e. The molecule has 0 aromatic heterocycles. The summed E-state index contributed by atoms with van der Waals surface area (Å²) in [5, 5.41) is 19.2. The molecule has 3 rings (SSSR count). The summed E-state index contributed by atoms with van der Waals surface area (Å²) in [6.07, 6.45) is 9.73. The number of allylic oxidation sites excluding steroid dienone is 2. The van der Waals surface area contributed by atoms with E-state index < -0.39 is 11.9 Å². The van der Waals surface area contributed by atoms with Gasteiger partial charge in [-0.25, -0.2) is 9.59 Å². The number of carboxylic acid groups (broad SMARTS) is 2. The van der Waals surface area contributed by atoms with Crippen LogP contribution in [-0.2, 0) is 9.59 Å². The fraction of sp³-hybridized carbons (Fsp3) is 0.409. The van der Waals surface area contributed by atoms with Crippen molar-refractivity contribution < 1.29 is 19.8 Å². The third-order valence-corrected chi connectivity index (χ3v) is 5.52. The van der Waals surface area contributed by atoms with E-state index in [0.717, 1.165) is 55.2 Å². The SMILES string of the molecule is O=C(O)C=C(C(=O)O)N1CCCC1=CC(=NC1CCCCC1)c1ccc(Cl)cc1. The summed E-state index contributed by atoms with van der Waals surface area (Å²) in [5.74, 6) is -2.53. The Morgan fingerprint density at radius 1 is 1.07 bits per heavy atom. The second kappa shape index (κ2) is 9.74. The molecule has 29 heavy (non-hydrogen) atoms. The molecule has 1 aliphatic heterocycles. The van der Waals surface area contributed by atoms with E-state index in [4.69, 9.17) is 21.7 Å². The Bertz CT molecular complexity index is 852. The summed E-state index contributed by atoms with van der Waals surface area (Å²) >= 11 is 6.03. The van der Waals surface area contributed by atoms with E-state index in [1.807, 2.05) is 30.3 Å². The summed E-state index contributed by atoms with van der Waals surface area (Å²) in [6.45, 7) is 0.467. The van der Waals surface area contributed by atoms with E-state index in [1.165, 1.54) is 6.42 Å². The van der Waals surface area contributed by atoms with Gasteiger partial charge in [0.2, 0.25) is 0 Å². The normalized spacial score (nSPS) is 20.3. The number of halogens is 1. The highest BCUT2D eigenvalue weighted by atomic mass is 35.5. The van der Waals surface area contributed by atoms with Crippen LogP contribution in [0.4, 0.5) is 0 Å². The quantitative estimate of drug-likeness (QED) is 0.526. The first kappa shape index (κ1) is 21.1. The van der Waals surface area contributed by atoms with Crippen LogP contribution in [0.5, 0.6) is 0 Å². The molecule has 1 aromatic rings. The number of likely N-dealkylation sites (tertiary alicyclic amines) is 1. The van der Waals surface area contributed by atoms with Crippen molar-refractivity contribution in [3.8, 4) is 0 Å². The average molecular weight is 417 g/mol. The Morgan fingerprint density at radius 3 is 2.38 bits per heavy atom. The molecule has 0 spiro atoms. The average Bonchev–Trinajstić information content (AvgIpc) is 3.14. The molecule has 0 radical (unpaired) electrons. The number of aliphatic carboxylic acids is 2. The van der Waals surface area contributed by atoms with Gasteiger partial charge in [0, 0.05) is 17.3 Å². The number of benzene rings is 1. The standard InChI is InChI=1S/C22H25ClN2O4/c23-16-10-8-15(9-11-16)19(24-17-5-2-1-3-6-17)13-18-7-4-12-25(18)20(22(28)29)14-21(26)27/h8-11,13-14,17H,1-7,12H2,(H,26,27)(H,28,29). The summed E-state index contributed by atoms with van der Waals surface area (Å²) in [6, 6.07) is 7.68. The number of hydrogen-bond donors (Lipinski definition) is 2. The molecule has 6 nitrogen and oxygen atoms in total. The minimum absolute atomic E-state index is 0.227. The van der Waals surface area contributed by atoms with Gasteiger partial charge in [-0.2, -0.15) is 0 Å². The molecule has 1 saturated carbocycles. The molecule has 1 aliphatic carbocycles. The van der Waals surface area contributed by atoms with Crippen molar-refractivity contribution >= 4 is 29.3 Å². The minimum atomic E-state index is -1.28. The summed E-state index contributed by atoms with van der Waals surface area (Å²) in [4.78, 5) is 29.3. The maximum atomic E-state index is 11.6. The van der Waals surface area contributed by atoms with Crippen molar-refractivity contribution in [2.24, 2.45) is 4.99 Å². The maximum Gasteiger partial charge on any atom is 0.352 e. The molecule has 7 heteroatoms. The van der Waals surface area contributed by atoms with Crippen LogP contribution in [-0.4, -0.2) is 45.3 Å².